The minimum Gasteiger partial charge on any atom is -0.452 e. The van der Waals surface area contributed by atoms with Crippen LogP contribution in [0.5, 0.6) is 0 Å². The molecule has 2 fully saturated rings. The van der Waals surface area contributed by atoms with E-state index in [1.165, 1.54) is 56.4 Å². The van der Waals surface area contributed by atoms with E-state index < -0.39 is 0 Å². The fourth-order valence-corrected chi connectivity index (χ4v) is 16.5. The predicted octanol–water partition coefficient (Wildman–Crippen LogP) is 13.2. The van der Waals surface area contributed by atoms with Gasteiger partial charge in [-0.25, -0.2) is 29.3 Å². The number of ether oxygens (including phenoxy) is 3. The minimum atomic E-state index is -0.379. The molecule has 25 heteroatoms. The first-order valence-corrected chi connectivity index (χ1v) is 37.5. The molecule has 6 aromatic heterocycles. The van der Waals surface area contributed by atoms with Crippen LogP contribution in [-0.2, 0) is 89.1 Å². The monoisotopic (exact) mass is 1430 g/mol. The van der Waals surface area contributed by atoms with Gasteiger partial charge in [0.15, 0.2) is 0 Å². The van der Waals surface area contributed by atoms with Gasteiger partial charge in [-0.15, -0.1) is 0 Å². The number of fused-ring (bicyclic) bond motifs is 9. The fourth-order valence-electron chi connectivity index (χ4n) is 16.5. The lowest BCUT2D eigenvalue weighted by atomic mass is 9.83. The van der Waals surface area contributed by atoms with Gasteiger partial charge in [0, 0.05) is 116 Å². The molecule has 0 bridgehead atoms. The number of Topliss-reactive ketones (excluding diaryl/α,β-unsaturated/α-hetero) is 1. The van der Waals surface area contributed by atoms with E-state index in [2.05, 4.69) is 130 Å². The van der Waals surface area contributed by atoms with E-state index in [9.17, 15) is 24.0 Å². The van der Waals surface area contributed by atoms with Crippen molar-refractivity contribution in [2.45, 2.75) is 201 Å². The SMILES string of the molecule is COC(=O)N1c2ccc3c(nc(CCn4cccn4)n3CC(=O)NCc3cnn(C)c3)c2CC[C@@H]1C.COC(=O)N1c2ccc3c(nc(Cc4ccccc4)n3[C@H](C)C3CCNCC3)c2CC[C@@H]1C.COC(=O)N1c2ccc3c(nc(Cn4cc(C(C)C)cn4)n3C3CCC(C(C)=O)CC3)c2CC[C@@H]1C. The van der Waals surface area contributed by atoms with Crippen molar-refractivity contribution in [3.8, 4) is 0 Å². The molecule has 4 aliphatic heterocycles. The van der Waals surface area contributed by atoms with Crippen molar-refractivity contribution >= 4 is 80.1 Å². The van der Waals surface area contributed by atoms with Gasteiger partial charge in [0.05, 0.1) is 90.4 Å². The van der Waals surface area contributed by atoms with Crippen LogP contribution < -0.4 is 25.3 Å². The van der Waals surface area contributed by atoms with Crippen LogP contribution in [0.1, 0.15) is 175 Å². The first kappa shape index (κ1) is 73.2. The molecule has 4 atom stereocenters. The topological polar surface area (TPSA) is 254 Å². The molecule has 0 spiro atoms. The van der Waals surface area contributed by atoms with E-state index in [1.807, 2.05) is 64.7 Å². The Bertz CT molecular complexity index is 4740. The molecular formula is C80H101N17O8. The lowest BCUT2D eigenvalue weighted by molar-refractivity contribution is -0.122. The number of aromatic nitrogens is 12. The average Bonchev–Trinajstić information content (AvgIpc) is 1.65. The van der Waals surface area contributed by atoms with Crippen molar-refractivity contribution in [3.05, 3.63) is 161 Å². The second-order valence-corrected chi connectivity index (χ2v) is 29.4. The van der Waals surface area contributed by atoms with E-state index in [1.54, 1.807) is 38.7 Å². The van der Waals surface area contributed by atoms with Crippen LogP contribution in [0.15, 0.2) is 110 Å². The largest absolute Gasteiger partial charge is 0.452 e. The van der Waals surface area contributed by atoms with E-state index >= 15 is 0 Å². The van der Waals surface area contributed by atoms with Crippen molar-refractivity contribution in [2.24, 2.45) is 18.9 Å². The number of piperidine rings is 1. The molecular weight excluding hydrogens is 1330 g/mol. The molecule has 25 nitrogen and oxygen atoms in total. The van der Waals surface area contributed by atoms with Gasteiger partial charge in [-0.2, -0.15) is 15.3 Å². The number of nitrogens with zero attached hydrogens (tertiary/aromatic N) is 15. The van der Waals surface area contributed by atoms with Crippen LogP contribution >= 0.6 is 0 Å². The number of carbonyl (C=O) groups excluding carboxylic acids is 5. The summed E-state index contributed by atoms with van der Waals surface area (Å²) in [6.45, 7) is 18.5. The van der Waals surface area contributed by atoms with Crippen LogP contribution in [0.2, 0.25) is 0 Å². The summed E-state index contributed by atoms with van der Waals surface area (Å²) in [5.74, 6) is 4.29. The Morgan fingerprint density at radius 2 is 1.15 bits per heavy atom. The Labute approximate surface area is 613 Å². The Morgan fingerprint density at radius 3 is 1.70 bits per heavy atom. The third kappa shape index (κ3) is 15.4. The van der Waals surface area contributed by atoms with Crippen molar-refractivity contribution < 1.29 is 38.2 Å². The minimum absolute atomic E-state index is 0.0297. The van der Waals surface area contributed by atoms with Gasteiger partial charge in [0.1, 0.15) is 29.8 Å². The normalized spacial score (nSPS) is 19.1. The Balaban J connectivity index is 0.000000140. The fraction of sp³-hybridized carbons (Fsp3) is 0.487. The van der Waals surface area contributed by atoms with Gasteiger partial charge in [-0.1, -0.05) is 44.2 Å². The van der Waals surface area contributed by atoms with Crippen molar-refractivity contribution in [2.75, 3.05) is 49.1 Å². The smallest absolute Gasteiger partial charge is 0.414 e. The van der Waals surface area contributed by atoms with Crippen molar-refractivity contribution in [1.82, 2.24) is 68.6 Å². The van der Waals surface area contributed by atoms with E-state index in [0.29, 0.717) is 49.7 Å². The van der Waals surface area contributed by atoms with Crippen LogP contribution in [0, 0.1) is 11.8 Å². The number of carbonyl (C=O) groups is 5. The Morgan fingerprint density at radius 1 is 0.590 bits per heavy atom. The van der Waals surface area contributed by atoms with Crippen LogP contribution in [0.3, 0.4) is 0 Å². The Kier molecular flexibility index (Phi) is 22.3. The van der Waals surface area contributed by atoms with E-state index in [-0.39, 0.29) is 60.8 Å². The lowest BCUT2D eigenvalue weighted by Crippen LogP contribution is -2.42. The molecule has 554 valence electrons. The highest BCUT2D eigenvalue weighted by atomic mass is 16.6. The number of imidazole rings is 3. The maximum absolute atomic E-state index is 13.0. The zero-order valence-corrected chi connectivity index (χ0v) is 62.6. The summed E-state index contributed by atoms with van der Waals surface area (Å²) in [6, 6.07) is 25.7. The van der Waals surface area contributed by atoms with Crippen molar-refractivity contribution in [1.29, 1.82) is 0 Å². The number of nitrogens with one attached hydrogen (secondary N) is 2. The molecule has 1 aliphatic carbocycles. The highest BCUT2D eigenvalue weighted by molar-refractivity contribution is 5.98. The Hall–Kier alpha value is -10.2. The van der Waals surface area contributed by atoms with E-state index in [0.717, 1.165) is 163 Å². The van der Waals surface area contributed by atoms with Gasteiger partial charge >= 0.3 is 18.3 Å². The summed E-state index contributed by atoms with van der Waals surface area (Å²) >= 11 is 0. The first-order valence-electron chi connectivity index (χ1n) is 37.5. The number of hydrogen-bond acceptors (Lipinski definition) is 15. The van der Waals surface area contributed by atoms with Gasteiger partial charge in [-0.05, 0) is 190 Å². The highest BCUT2D eigenvalue weighted by Gasteiger charge is 2.37. The molecule has 1 saturated carbocycles. The number of benzene rings is 4. The molecule has 2 N–H and O–H groups in total. The summed E-state index contributed by atoms with van der Waals surface area (Å²) in [5, 5.41) is 19.5. The summed E-state index contributed by atoms with van der Waals surface area (Å²) in [5.41, 5.74) is 15.3. The van der Waals surface area contributed by atoms with Gasteiger partial charge in [0.25, 0.3) is 0 Å². The standard InChI is InChI=1S/C28H37N5O3.C27H34N4O2.C25H30N8O3/c1-17(2)21-14-29-31(15-21)16-26-30-27-23-11-6-18(3)32(28(35)36-5)24(23)12-13-25(27)33(26)22-9-7-20(8-10-22)19(4)34;1-18-9-10-22-23(30(18)27(32)33-3)11-12-24-26(22)29-25(17-20-7-5-4-6-8-20)31(24)19(2)21-13-15-28-16-14-21;1-17-5-6-19-20(33(17)25(35)36-3)7-8-21-24(19)29-22(9-12-31-11-4-10-27-31)32(21)16-23(34)26-13-18-14-28-30(2)15-18/h12-15,17-18,20,22H,6-11,16H2,1-5H3;4-8,11-12,18-19,21,28H,9-10,13-17H2,1-3H3;4,7-8,10-11,14-15,17H,5-6,9,12-13,16H2,1-3H3,(H,26,34)/t18-,20?,22?;18-,19+;17-/m000/s1. The van der Waals surface area contributed by atoms with Crippen LogP contribution in [0.4, 0.5) is 31.4 Å². The number of rotatable bonds is 16. The predicted molar refractivity (Wildman–Crippen MR) is 405 cm³/mol. The highest BCUT2D eigenvalue weighted by Crippen LogP contribution is 2.43. The third-order valence-corrected chi connectivity index (χ3v) is 22.4. The van der Waals surface area contributed by atoms with Crippen LogP contribution in [-0.4, -0.2) is 141 Å². The number of aryl methyl sites for hydroxylation is 6. The maximum Gasteiger partial charge on any atom is 0.414 e. The molecule has 1 saturated heterocycles. The molecule has 5 aliphatic rings. The molecule has 4 amide bonds. The maximum atomic E-state index is 13.0. The summed E-state index contributed by atoms with van der Waals surface area (Å²) in [6.07, 6.45) is 23.0. The number of ketones is 1. The molecule has 15 rings (SSSR count). The van der Waals surface area contributed by atoms with Crippen molar-refractivity contribution in [3.63, 3.8) is 0 Å². The second-order valence-electron chi connectivity index (χ2n) is 29.4. The number of anilines is 3. The zero-order chi connectivity index (χ0) is 73.7. The first-order chi connectivity index (χ1) is 50.8. The van der Waals surface area contributed by atoms with Gasteiger partial charge in [0.2, 0.25) is 5.91 Å². The lowest BCUT2D eigenvalue weighted by Gasteiger charge is -2.34. The second kappa shape index (κ2) is 32.1. The molecule has 0 unspecified atom stereocenters. The average molecular weight is 1430 g/mol. The summed E-state index contributed by atoms with van der Waals surface area (Å²) in [4.78, 5) is 83.4. The molecule has 4 aromatic carbocycles. The molecule has 10 aromatic rings. The molecule has 10 heterocycles. The quantitative estimate of drug-likeness (QED) is 0.0853. The summed E-state index contributed by atoms with van der Waals surface area (Å²) < 4.78 is 27.6. The van der Waals surface area contributed by atoms with Gasteiger partial charge in [-0.3, -0.25) is 38.3 Å². The van der Waals surface area contributed by atoms with Crippen LogP contribution in [0.25, 0.3) is 33.1 Å². The third-order valence-electron chi connectivity index (χ3n) is 22.4. The van der Waals surface area contributed by atoms with Gasteiger partial charge < -0.3 is 38.5 Å². The number of methoxy groups -OCH3 is 3. The molecule has 105 heavy (non-hydrogen) atoms. The zero-order valence-electron chi connectivity index (χ0n) is 62.6. The number of hydrogen-bond donors (Lipinski definition) is 2. The molecule has 0 radical (unpaired) electrons. The number of amides is 4. The van der Waals surface area contributed by atoms with E-state index in [4.69, 9.17) is 29.2 Å². The summed E-state index contributed by atoms with van der Waals surface area (Å²) in [7, 11) is 6.13.